The molecule has 0 spiro atoms. The average molecular weight is 434 g/mol. The number of hydrogen-bond acceptors (Lipinski definition) is 2. The first-order chi connectivity index (χ1) is 16.7. The van der Waals surface area contributed by atoms with Gasteiger partial charge in [0.15, 0.2) is 0 Å². The van der Waals surface area contributed by atoms with Crippen molar-refractivity contribution >= 4 is 32.6 Å². The van der Waals surface area contributed by atoms with Gasteiger partial charge in [0.2, 0.25) is 0 Å². The van der Waals surface area contributed by atoms with Crippen molar-refractivity contribution in [3.63, 3.8) is 0 Å². The molecule has 0 saturated heterocycles. The highest BCUT2D eigenvalue weighted by Gasteiger charge is 2.16. The van der Waals surface area contributed by atoms with Crippen LogP contribution >= 0.6 is 0 Å². The summed E-state index contributed by atoms with van der Waals surface area (Å²) >= 11 is 0. The summed E-state index contributed by atoms with van der Waals surface area (Å²) in [4.78, 5) is 0. The largest absolute Gasteiger partial charge is 0.309 e. The molecule has 6 aromatic rings. The van der Waals surface area contributed by atoms with Crippen molar-refractivity contribution in [1.29, 1.82) is 10.5 Å². The Labute approximate surface area is 197 Å². The number of para-hydroxylation sites is 2. The molecule has 34 heavy (non-hydrogen) atoms. The van der Waals surface area contributed by atoms with Gasteiger partial charge in [-0.15, -0.1) is 0 Å². The van der Waals surface area contributed by atoms with E-state index in [1.165, 1.54) is 10.8 Å². The van der Waals surface area contributed by atoms with E-state index < -0.39 is 0 Å². The van der Waals surface area contributed by atoms with E-state index in [2.05, 4.69) is 102 Å². The van der Waals surface area contributed by atoms with E-state index >= 15 is 0 Å². The number of benzene rings is 5. The summed E-state index contributed by atoms with van der Waals surface area (Å²) in [6, 6.07) is 37.6. The maximum absolute atomic E-state index is 9.63. The zero-order valence-electron chi connectivity index (χ0n) is 18.6. The lowest BCUT2D eigenvalue weighted by atomic mass is 9.91. The van der Waals surface area contributed by atoms with Gasteiger partial charge in [0, 0.05) is 16.2 Å². The molecule has 6 rings (SSSR count). The SMILES string of the molecule is Cc1c(C#N)cc(C#N)cc1-c1cccc2c(-n3c4ccccc4c4ccccc43)cccc12. The van der Waals surface area contributed by atoms with Gasteiger partial charge in [-0.1, -0.05) is 66.7 Å². The zero-order valence-corrected chi connectivity index (χ0v) is 18.6. The Morgan fingerprint density at radius 2 is 1.21 bits per heavy atom. The van der Waals surface area contributed by atoms with Crippen LogP contribution in [0.2, 0.25) is 0 Å². The monoisotopic (exact) mass is 433 g/mol. The molecule has 158 valence electrons. The van der Waals surface area contributed by atoms with Crippen LogP contribution in [0.4, 0.5) is 0 Å². The molecule has 3 nitrogen and oxygen atoms in total. The maximum atomic E-state index is 9.63. The molecular formula is C31H19N3. The second kappa shape index (κ2) is 7.62. The van der Waals surface area contributed by atoms with Crippen LogP contribution < -0.4 is 0 Å². The molecular weight excluding hydrogens is 414 g/mol. The Morgan fingerprint density at radius 3 is 1.88 bits per heavy atom. The number of fused-ring (bicyclic) bond motifs is 4. The fraction of sp³-hybridized carbons (Fsp3) is 0.0323. The van der Waals surface area contributed by atoms with Crippen molar-refractivity contribution in [2.24, 2.45) is 0 Å². The summed E-state index contributed by atoms with van der Waals surface area (Å²) in [6.45, 7) is 1.95. The molecule has 1 aromatic heterocycles. The maximum Gasteiger partial charge on any atom is 0.0995 e. The highest BCUT2D eigenvalue weighted by Crippen LogP contribution is 2.38. The molecule has 0 aliphatic heterocycles. The fourth-order valence-corrected chi connectivity index (χ4v) is 5.08. The number of aromatic nitrogens is 1. The van der Waals surface area contributed by atoms with Gasteiger partial charge in [0.25, 0.3) is 0 Å². The van der Waals surface area contributed by atoms with Crippen LogP contribution in [0, 0.1) is 29.6 Å². The average Bonchev–Trinajstić information content (AvgIpc) is 3.22. The molecule has 0 saturated carbocycles. The van der Waals surface area contributed by atoms with Crippen LogP contribution in [0.15, 0.2) is 97.1 Å². The Bertz CT molecular complexity index is 1790. The molecule has 3 heteroatoms. The molecule has 0 unspecified atom stereocenters. The molecule has 0 aliphatic rings. The van der Waals surface area contributed by atoms with Crippen molar-refractivity contribution in [1.82, 2.24) is 4.57 Å². The minimum atomic E-state index is 0.493. The third kappa shape index (κ3) is 2.82. The van der Waals surface area contributed by atoms with Crippen LogP contribution in [0.5, 0.6) is 0 Å². The van der Waals surface area contributed by atoms with E-state index in [1.807, 2.05) is 13.0 Å². The molecule has 0 N–H and O–H groups in total. The highest BCUT2D eigenvalue weighted by atomic mass is 15.0. The van der Waals surface area contributed by atoms with Crippen LogP contribution in [0.3, 0.4) is 0 Å². The lowest BCUT2D eigenvalue weighted by Gasteiger charge is -2.15. The highest BCUT2D eigenvalue weighted by molar-refractivity contribution is 6.11. The molecule has 5 aromatic carbocycles. The van der Waals surface area contributed by atoms with Gasteiger partial charge in [0.05, 0.1) is 40.0 Å². The summed E-state index contributed by atoms with van der Waals surface area (Å²) in [6.07, 6.45) is 0. The minimum absolute atomic E-state index is 0.493. The smallest absolute Gasteiger partial charge is 0.0995 e. The quantitative estimate of drug-likeness (QED) is 0.281. The van der Waals surface area contributed by atoms with Crippen molar-refractivity contribution < 1.29 is 0 Å². The van der Waals surface area contributed by atoms with Crippen LogP contribution in [0.1, 0.15) is 16.7 Å². The van der Waals surface area contributed by atoms with Gasteiger partial charge in [-0.05, 0) is 59.3 Å². The third-order valence-electron chi connectivity index (χ3n) is 6.67. The summed E-state index contributed by atoms with van der Waals surface area (Å²) in [7, 11) is 0. The number of nitrogens with zero attached hydrogens (tertiary/aromatic N) is 3. The topological polar surface area (TPSA) is 52.5 Å². The normalized spacial score (nSPS) is 11.0. The molecule has 1 heterocycles. The van der Waals surface area contributed by atoms with Crippen molar-refractivity contribution in [3.05, 3.63) is 114 Å². The summed E-state index contributed by atoms with van der Waals surface area (Å²) < 4.78 is 2.33. The van der Waals surface area contributed by atoms with Gasteiger partial charge in [-0.25, -0.2) is 0 Å². The molecule has 0 fully saturated rings. The van der Waals surface area contributed by atoms with Crippen molar-refractivity contribution in [2.45, 2.75) is 6.92 Å². The number of rotatable bonds is 2. The first-order valence-electron chi connectivity index (χ1n) is 11.2. The van der Waals surface area contributed by atoms with Gasteiger partial charge in [0.1, 0.15) is 0 Å². The van der Waals surface area contributed by atoms with Crippen molar-refractivity contribution in [2.75, 3.05) is 0 Å². The molecule has 0 bridgehead atoms. The Morgan fingerprint density at radius 1 is 0.588 bits per heavy atom. The standard InChI is InChI=1S/C31H19N3/c1-20-22(19-33)16-21(18-32)17-28(20)24-10-6-12-25-23(24)11-7-15-31(25)34-29-13-4-2-8-26(29)27-9-3-5-14-30(27)34/h2-17H,1H3. The second-order valence-electron chi connectivity index (χ2n) is 8.47. The lowest BCUT2D eigenvalue weighted by Crippen LogP contribution is -1.97. The number of hydrogen-bond donors (Lipinski definition) is 0. The van der Waals surface area contributed by atoms with E-state index in [4.69, 9.17) is 0 Å². The molecule has 0 radical (unpaired) electrons. The molecule has 0 amide bonds. The third-order valence-corrected chi connectivity index (χ3v) is 6.67. The Balaban J connectivity index is 1.71. The second-order valence-corrected chi connectivity index (χ2v) is 8.47. The van der Waals surface area contributed by atoms with Gasteiger partial charge in [-0.2, -0.15) is 10.5 Å². The summed E-state index contributed by atoms with van der Waals surface area (Å²) in [5.41, 5.74) is 7.28. The van der Waals surface area contributed by atoms with E-state index in [-0.39, 0.29) is 0 Å². The van der Waals surface area contributed by atoms with Gasteiger partial charge < -0.3 is 4.57 Å². The van der Waals surface area contributed by atoms with Gasteiger partial charge in [-0.3, -0.25) is 0 Å². The first kappa shape index (κ1) is 19.8. The van der Waals surface area contributed by atoms with Crippen LogP contribution in [-0.4, -0.2) is 4.57 Å². The van der Waals surface area contributed by atoms with E-state index in [1.54, 1.807) is 6.07 Å². The summed E-state index contributed by atoms with van der Waals surface area (Å²) in [5.74, 6) is 0. The predicted molar refractivity (Wildman–Crippen MR) is 138 cm³/mol. The Kier molecular flexibility index (Phi) is 4.44. The van der Waals surface area contributed by atoms with E-state index in [0.29, 0.717) is 11.1 Å². The first-order valence-corrected chi connectivity index (χ1v) is 11.2. The Hall–Kier alpha value is -4.86. The lowest BCUT2D eigenvalue weighted by molar-refractivity contribution is 1.20. The molecule has 0 atom stereocenters. The molecule has 0 aliphatic carbocycles. The number of nitriles is 2. The van der Waals surface area contributed by atoms with E-state index in [0.717, 1.165) is 44.2 Å². The van der Waals surface area contributed by atoms with Crippen LogP contribution in [0.25, 0.3) is 49.4 Å². The van der Waals surface area contributed by atoms with Gasteiger partial charge >= 0.3 is 0 Å². The van der Waals surface area contributed by atoms with E-state index in [9.17, 15) is 10.5 Å². The predicted octanol–water partition coefficient (Wildman–Crippen LogP) is 7.66. The fourth-order valence-electron chi connectivity index (χ4n) is 5.08. The van der Waals surface area contributed by atoms with Crippen molar-refractivity contribution in [3.8, 4) is 29.0 Å². The zero-order chi connectivity index (χ0) is 23.2. The summed E-state index contributed by atoms with van der Waals surface area (Å²) in [5, 5.41) is 23.8. The van der Waals surface area contributed by atoms with Crippen LogP contribution in [-0.2, 0) is 0 Å². The minimum Gasteiger partial charge on any atom is -0.309 e.